The van der Waals surface area contributed by atoms with Gasteiger partial charge in [-0.3, -0.25) is 9.59 Å². The molecule has 188 valence electrons. The number of aromatic nitrogens is 2. The Morgan fingerprint density at radius 1 is 1.03 bits per heavy atom. The Balaban J connectivity index is 1.75. The van der Waals surface area contributed by atoms with E-state index in [9.17, 15) is 14.7 Å². The van der Waals surface area contributed by atoms with Gasteiger partial charge < -0.3 is 24.0 Å². The molecule has 3 aromatic rings. The van der Waals surface area contributed by atoms with Gasteiger partial charge in [0, 0.05) is 31.0 Å². The monoisotopic (exact) mass is 489 g/mol. The lowest BCUT2D eigenvalue weighted by Crippen LogP contribution is -2.31. The van der Waals surface area contributed by atoms with Gasteiger partial charge in [0.2, 0.25) is 0 Å². The van der Waals surface area contributed by atoms with Gasteiger partial charge in [-0.1, -0.05) is 43.3 Å². The number of imidazole rings is 1. The van der Waals surface area contributed by atoms with Gasteiger partial charge in [0.25, 0.3) is 11.7 Å². The summed E-state index contributed by atoms with van der Waals surface area (Å²) in [5.74, 6) is -0.393. The summed E-state index contributed by atoms with van der Waals surface area (Å²) in [5.41, 5.74) is 1.21. The average Bonchev–Trinajstić information content (AvgIpc) is 3.50. The number of Topliss-reactive ketones (excluding diaryl/α,β-unsaturated/α-hetero) is 1. The number of rotatable bonds is 11. The van der Waals surface area contributed by atoms with Crippen LogP contribution in [0.3, 0.4) is 0 Å². The SMILES string of the molecule is CCCOc1ccc(C2C(=C(O)c3ccccc3)C(=O)C(=O)N2CCCn2ccnc2)cc1OCC. The van der Waals surface area contributed by atoms with E-state index in [1.165, 1.54) is 4.90 Å². The van der Waals surface area contributed by atoms with Crippen molar-refractivity contribution in [3.05, 3.63) is 84.0 Å². The molecule has 0 saturated carbocycles. The van der Waals surface area contributed by atoms with Crippen molar-refractivity contribution in [2.24, 2.45) is 0 Å². The summed E-state index contributed by atoms with van der Waals surface area (Å²) >= 11 is 0. The lowest BCUT2D eigenvalue weighted by Gasteiger charge is -2.26. The molecule has 1 atom stereocenters. The number of nitrogens with zero attached hydrogens (tertiary/aromatic N) is 3. The molecule has 0 aliphatic carbocycles. The number of ether oxygens (including phenoxy) is 2. The van der Waals surface area contributed by atoms with Crippen LogP contribution in [0.2, 0.25) is 0 Å². The minimum absolute atomic E-state index is 0.0681. The molecule has 36 heavy (non-hydrogen) atoms. The second kappa shape index (κ2) is 11.6. The number of hydrogen-bond acceptors (Lipinski definition) is 6. The van der Waals surface area contributed by atoms with Crippen molar-refractivity contribution in [2.45, 2.75) is 39.3 Å². The predicted molar refractivity (Wildman–Crippen MR) is 136 cm³/mol. The van der Waals surface area contributed by atoms with Crippen molar-refractivity contribution in [1.29, 1.82) is 0 Å². The Labute approximate surface area is 210 Å². The fraction of sp³-hybridized carbons (Fsp3) is 0.321. The molecule has 1 unspecified atom stereocenters. The van der Waals surface area contributed by atoms with Crippen LogP contribution in [-0.4, -0.2) is 51.0 Å². The van der Waals surface area contributed by atoms with Crippen molar-refractivity contribution < 1.29 is 24.2 Å². The summed E-state index contributed by atoms with van der Waals surface area (Å²) in [6.07, 6.45) is 6.72. The lowest BCUT2D eigenvalue weighted by atomic mass is 9.95. The highest BCUT2D eigenvalue weighted by atomic mass is 16.5. The number of aliphatic hydroxyl groups excluding tert-OH is 1. The summed E-state index contributed by atoms with van der Waals surface area (Å²) < 4.78 is 13.6. The third kappa shape index (κ3) is 5.27. The lowest BCUT2D eigenvalue weighted by molar-refractivity contribution is -0.139. The van der Waals surface area contributed by atoms with E-state index in [-0.39, 0.29) is 11.3 Å². The van der Waals surface area contributed by atoms with Gasteiger partial charge in [-0.2, -0.15) is 0 Å². The van der Waals surface area contributed by atoms with Gasteiger partial charge >= 0.3 is 0 Å². The van der Waals surface area contributed by atoms with E-state index < -0.39 is 17.7 Å². The quantitative estimate of drug-likeness (QED) is 0.241. The van der Waals surface area contributed by atoms with Gasteiger partial charge in [-0.25, -0.2) is 4.98 Å². The first kappa shape index (κ1) is 25.0. The molecular formula is C28H31N3O5. The maximum Gasteiger partial charge on any atom is 0.295 e. The number of aliphatic hydroxyl groups is 1. The van der Waals surface area contributed by atoms with Crippen molar-refractivity contribution in [3.8, 4) is 11.5 Å². The van der Waals surface area contributed by atoms with Crippen LogP contribution in [0.1, 0.15) is 43.9 Å². The van der Waals surface area contributed by atoms with Crippen LogP contribution >= 0.6 is 0 Å². The first-order valence-electron chi connectivity index (χ1n) is 12.2. The fourth-order valence-electron chi connectivity index (χ4n) is 4.35. The molecule has 1 N–H and O–H groups in total. The minimum atomic E-state index is -0.757. The highest BCUT2D eigenvalue weighted by Crippen LogP contribution is 2.42. The number of carbonyl (C=O) groups excluding carboxylic acids is 2. The van der Waals surface area contributed by atoms with Gasteiger partial charge in [0.15, 0.2) is 11.5 Å². The van der Waals surface area contributed by atoms with Crippen molar-refractivity contribution >= 4 is 17.4 Å². The molecule has 0 bridgehead atoms. The summed E-state index contributed by atoms with van der Waals surface area (Å²) in [6, 6.07) is 13.5. The smallest absolute Gasteiger partial charge is 0.295 e. The third-order valence-corrected chi connectivity index (χ3v) is 6.01. The number of amides is 1. The zero-order valence-electron chi connectivity index (χ0n) is 20.6. The normalized spacial score (nSPS) is 16.9. The largest absolute Gasteiger partial charge is 0.507 e. The van der Waals surface area contributed by atoms with Crippen LogP contribution in [-0.2, 0) is 16.1 Å². The first-order valence-corrected chi connectivity index (χ1v) is 12.2. The number of likely N-dealkylation sites (tertiary alicyclic amines) is 1. The second-order valence-electron chi connectivity index (χ2n) is 8.50. The Kier molecular flexibility index (Phi) is 8.05. The summed E-state index contributed by atoms with van der Waals surface area (Å²) in [7, 11) is 0. The highest BCUT2D eigenvalue weighted by molar-refractivity contribution is 6.46. The number of aryl methyl sites for hydroxylation is 1. The predicted octanol–water partition coefficient (Wildman–Crippen LogP) is 4.58. The molecule has 8 heteroatoms. The highest BCUT2D eigenvalue weighted by Gasteiger charge is 2.46. The van der Waals surface area contributed by atoms with E-state index in [2.05, 4.69) is 4.98 Å². The van der Waals surface area contributed by atoms with Crippen LogP contribution in [0.4, 0.5) is 0 Å². The molecule has 1 aromatic heterocycles. The molecule has 4 rings (SSSR count). The second-order valence-corrected chi connectivity index (χ2v) is 8.50. The third-order valence-electron chi connectivity index (χ3n) is 6.01. The number of ketones is 1. The molecule has 0 radical (unpaired) electrons. The Hall–Kier alpha value is -4.07. The first-order chi connectivity index (χ1) is 17.5. The van der Waals surface area contributed by atoms with Crippen LogP contribution < -0.4 is 9.47 Å². The maximum absolute atomic E-state index is 13.2. The van der Waals surface area contributed by atoms with Crippen molar-refractivity contribution in [3.63, 3.8) is 0 Å². The van der Waals surface area contributed by atoms with E-state index in [4.69, 9.17) is 9.47 Å². The molecule has 2 heterocycles. The number of carbonyl (C=O) groups is 2. The summed E-state index contributed by atoms with van der Waals surface area (Å²) in [4.78, 5) is 32.0. The zero-order chi connectivity index (χ0) is 25.5. The van der Waals surface area contributed by atoms with E-state index in [0.717, 1.165) is 6.42 Å². The van der Waals surface area contributed by atoms with Gasteiger partial charge in [0.05, 0.1) is 31.2 Å². The molecule has 2 aromatic carbocycles. The molecule has 8 nitrogen and oxygen atoms in total. The van der Waals surface area contributed by atoms with Crippen LogP contribution in [0, 0.1) is 0 Å². The van der Waals surface area contributed by atoms with Gasteiger partial charge in [-0.05, 0) is 37.5 Å². The van der Waals surface area contributed by atoms with Gasteiger partial charge in [0.1, 0.15) is 5.76 Å². The van der Waals surface area contributed by atoms with Crippen LogP contribution in [0.15, 0.2) is 72.8 Å². The van der Waals surface area contributed by atoms with Crippen LogP contribution in [0.25, 0.3) is 5.76 Å². The van der Waals surface area contributed by atoms with E-state index in [0.29, 0.717) is 55.4 Å². The maximum atomic E-state index is 13.2. The molecule has 1 fully saturated rings. The number of hydrogen-bond donors (Lipinski definition) is 1. The standard InChI is InChI=1S/C28H31N3O5/c1-3-17-36-22-12-11-21(18-23(22)35-4-2)25-24(26(32)20-9-6-5-7-10-20)27(33)28(34)31(25)15-8-14-30-16-13-29-19-30/h5-7,9-13,16,18-19,25,32H,3-4,8,14-15,17H2,1-2H3. The number of benzene rings is 2. The van der Waals surface area contributed by atoms with Crippen molar-refractivity contribution in [1.82, 2.24) is 14.5 Å². The van der Waals surface area contributed by atoms with Crippen LogP contribution in [0.5, 0.6) is 11.5 Å². The molecule has 0 spiro atoms. The van der Waals surface area contributed by atoms with E-state index in [1.54, 1.807) is 48.9 Å². The van der Waals surface area contributed by atoms with Crippen molar-refractivity contribution in [2.75, 3.05) is 19.8 Å². The Morgan fingerprint density at radius 2 is 1.83 bits per heavy atom. The summed E-state index contributed by atoms with van der Waals surface area (Å²) in [6.45, 7) is 5.85. The molecule has 1 saturated heterocycles. The molecule has 1 amide bonds. The van der Waals surface area contributed by atoms with E-state index >= 15 is 0 Å². The van der Waals surface area contributed by atoms with Gasteiger partial charge in [-0.15, -0.1) is 0 Å². The van der Waals surface area contributed by atoms with E-state index in [1.807, 2.05) is 36.7 Å². The Bertz CT molecular complexity index is 1220. The molecular weight excluding hydrogens is 458 g/mol. The fourth-order valence-corrected chi connectivity index (χ4v) is 4.35. The molecule has 1 aliphatic rings. The minimum Gasteiger partial charge on any atom is -0.507 e. The zero-order valence-corrected chi connectivity index (χ0v) is 20.6. The Morgan fingerprint density at radius 3 is 2.53 bits per heavy atom. The summed E-state index contributed by atoms with van der Waals surface area (Å²) in [5, 5.41) is 11.2. The molecule has 1 aliphatic heterocycles. The topological polar surface area (TPSA) is 93.9 Å². The average molecular weight is 490 g/mol.